The molecular formula is C12H5F3NO2S. The topological polar surface area (TPSA) is 47.0 Å². The number of sulfone groups is 1. The van der Waals surface area contributed by atoms with Crippen LogP contribution in [0.3, 0.4) is 0 Å². The number of benzene rings is 2. The molecule has 0 atom stereocenters. The Bertz CT molecular complexity index is 851. The Morgan fingerprint density at radius 3 is 2.47 bits per heavy atom. The third-order valence-electron chi connectivity index (χ3n) is 2.86. The van der Waals surface area contributed by atoms with Crippen LogP contribution in [-0.2, 0) is 9.84 Å². The number of hydrogen-bond donors (Lipinski definition) is 0. The van der Waals surface area contributed by atoms with Crippen molar-refractivity contribution in [3.05, 3.63) is 36.5 Å². The van der Waals surface area contributed by atoms with E-state index < -0.39 is 20.2 Å². The van der Waals surface area contributed by atoms with Gasteiger partial charge in [-0.2, -0.15) is 13.2 Å². The van der Waals surface area contributed by atoms with Crippen LogP contribution in [0.4, 0.5) is 13.2 Å². The van der Waals surface area contributed by atoms with Crippen LogP contribution in [0.15, 0.2) is 35.4 Å². The van der Waals surface area contributed by atoms with Crippen molar-refractivity contribution in [1.82, 2.24) is 4.98 Å². The fraction of sp³-hybridized carbons (Fsp3) is 0.0833. The second-order valence-corrected chi connectivity index (χ2v) is 5.85. The number of alkyl halides is 3. The molecule has 4 aromatic rings. The van der Waals surface area contributed by atoms with E-state index in [1.165, 1.54) is 24.4 Å². The van der Waals surface area contributed by atoms with Crippen LogP contribution in [0, 0.1) is 6.07 Å². The van der Waals surface area contributed by atoms with Crippen molar-refractivity contribution in [3.8, 4) is 0 Å². The molecule has 0 saturated carbocycles. The lowest BCUT2D eigenvalue weighted by atomic mass is 10.1. The molecule has 4 rings (SSSR count). The van der Waals surface area contributed by atoms with Crippen LogP contribution >= 0.6 is 0 Å². The van der Waals surface area contributed by atoms with Crippen molar-refractivity contribution in [3.63, 3.8) is 0 Å². The number of halogens is 3. The van der Waals surface area contributed by atoms with E-state index in [0.717, 1.165) is 0 Å². The largest absolute Gasteiger partial charge is 0.501 e. The van der Waals surface area contributed by atoms with Crippen molar-refractivity contribution in [2.75, 3.05) is 0 Å². The second kappa shape index (κ2) is 3.57. The summed E-state index contributed by atoms with van der Waals surface area (Å²) in [6.07, 6.45) is 1.49. The van der Waals surface area contributed by atoms with Gasteiger partial charge in [0.15, 0.2) is 0 Å². The molecule has 2 bridgehead atoms. The molecule has 0 unspecified atom stereocenters. The minimum atomic E-state index is -5.44. The van der Waals surface area contributed by atoms with Gasteiger partial charge < -0.3 is 0 Å². The highest BCUT2D eigenvalue weighted by atomic mass is 32.2. The first kappa shape index (κ1) is 12.2. The molecular weight excluding hydrogens is 279 g/mol. The van der Waals surface area contributed by atoms with E-state index in [-0.39, 0.29) is 10.9 Å². The van der Waals surface area contributed by atoms with Crippen LogP contribution < -0.4 is 0 Å². The zero-order chi connectivity index (χ0) is 13.8. The molecule has 97 valence electrons. The van der Waals surface area contributed by atoms with E-state index >= 15 is 0 Å². The molecule has 0 aliphatic carbocycles. The molecule has 0 saturated heterocycles. The Labute approximate surface area is 105 Å². The van der Waals surface area contributed by atoms with Crippen molar-refractivity contribution >= 4 is 31.5 Å². The molecule has 0 aliphatic rings. The van der Waals surface area contributed by atoms with Crippen molar-refractivity contribution in [1.29, 1.82) is 0 Å². The summed E-state index contributed by atoms with van der Waals surface area (Å²) in [5, 5.41) is 0.978. The van der Waals surface area contributed by atoms with E-state index in [0.29, 0.717) is 10.8 Å². The molecule has 0 aliphatic heterocycles. The summed E-state index contributed by atoms with van der Waals surface area (Å²) in [6.45, 7) is 0. The van der Waals surface area contributed by atoms with Gasteiger partial charge in [-0.25, -0.2) is 8.42 Å². The normalized spacial score (nSPS) is 13.4. The van der Waals surface area contributed by atoms with E-state index in [2.05, 4.69) is 11.1 Å². The fourth-order valence-electron chi connectivity index (χ4n) is 2.00. The Hall–Kier alpha value is -1.89. The van der Waals surface area contributed by atoms with E-state index in [9.17, 15) is 21.6 Å². The first-order valence-electron chi connectivity index (χ1n) is 5.15. The Balaban J connectivity index is 2.49. The van der Waals surface area contributed by atoms with Crippen molar-refractivity contribution in [2.45, 2.75) is 10.4 Å². The molecule has 0 N–H and O–H groups in total. The minimum Gasteiger partial charge on any atom is -0.256 e. The maximum Gasteiger partial charge on any atom is 0.501 e. The molecule has 2 heterocycles. The van der Waals surface area contributed by atoms with Gasteiger partial charge in [-0.3, -0.25) is 4.98 Å². The molecule has 3 nitrogen and oxygen atoms in total. The second-order valence-electron chi connectivity index (χ2n) is 3.98. The summed E-state index contributed by atoms with van der Waals surface area (Å²) < 4.78 is 61.0. The molecule has 19 heavy (non-hydrogen) atoms. The zero-order valence-electron chi connectivity index (χ0n) is 9.19. The molecule has 0 amide bonds. The van der Waals surface area contributed by atoms with Gasteiger partial charge in [0.05, 0.1) is 10.4 Å². The highest BCUT2D eigenvalue weighted by molar-refractivity contribution is 7.92. The summed E-state index contributed by atoms with van der Waals surface area (Å²) in [5.41, 5.74) is -5.15. The standard InChI is InChI=1S/C12H5F3NO2S/c13-12(14,15)19(17,18)10-3-1-2-8-7-4-5-9(11(8)10)16-6-7/h1-2,4-6H. The number of aromatic nitrogens is 1. The number of fused-ring (bicyclic) bond motifs is 2. The van der Waals surface area contributed by atoms with Crippen LogP contribution in [0.1, 0.15) is 0 Å². The third-order valence-corrected chi connectivity index (χ3v) is 4.33. The van der Waals surface area contributed by atoms with Crippen LogP contribution in [0.5, 0.6) is 0 Å². The van der Waals surface area contributed by atoms with Crippen molar-refractivity contribution < 1.29 is 21.6 Å². The number of hydrogen-bond acceptors (Lipinski definition) is 3. The van der Waals surface area contributed by atoms with Crippen molar-refractivity contribution in [2.24, 2.45) is 0 Å². The smallest absolute Gasteiger partial charge is 0.256 e. The minimum absolute atomic E-state index is 0.0279. The lowest BCUT2D eigenvalue weighted by molar-refractivity contribution is -0.0435. The number of pyridine rings is 2. The maximum atomic E-state index is 12.7. The Morgan fingerprint density at radius 1 is 1.16 bits per heavy atom. The highest BCUT2D eigenvalue weighted by Crippen LogP contribution is 2.37. The average Bonchev–Trinajstić information content (AvgIpc) is 2.38. The van der Waals surface area contributed by atoms with Gasteiger partial charge in [0.25, 0.3) is 9.84 Å². The summed E-state index contributed by atoms with van der Waals surface area (Å²) in [7, 11) is -5.44. The molecule has 2 aromatic carbocycles. The SMILES string of the molecule is O=S(=O)(c1[c]ccc2c3ccc(nc3)c12)C(F)(F)F. The lowest BCUT2D eigenvalue weighted by Crippen LogP contribution is -2.23. The number of nitrogens with zero attached hydrogens (tertiary/aromatic N) is 1. The van der Waals surface area contributed by atoms with Gasteiger partial charge >= 0.3 is 5.51 Å². The summed E-state index contributed by atoms with van der Waals surface area (Å²) in [5.74, 6) is 0. The highest BCUT2D eigenvalue weighted by Gasteiger charge is 2.47. The van der Waals surface area contributed by atoms with Crippen LogP contribution in [0.2, 0.25) is 0 Å². The van der Waals surface area contributed by atoms with Gasteiger partial charge in [-0.15, -0.1) is 0 Å². The van der Waals surface area contributed by atoms with Gasteiger partial charge in [0.2, 0.25) is 0 Å². The Morgan fingerprint density at radius 2 is 1.89 bits per heavy atom. The first-order chi connectivity index (χ1) is 8.82. The summed E-state index contributed by atoms with van der Waals surface area (Å²) >= 11 is 0. The van der Waals surface area contributed by atoms with Gasteiger partial charge in [-0.05, 0) is 11.5 Å². The number of rotatable bonds is 1. The first-order valence-corrected chi connectivity index (χ1v) is 6.63. The maximum absolute atomic E-state index is 12.7. The predicted octanol–water partition coefficient (Wildman–Crippen LogP) is 2.92. The summed E-state index contributed by atoms with van der Waals surface area (Å²) in [6, 6.07) is 8.04. The van der Waals surface area contributed by atoms with Gasteiger partial charge in [0, 0.05) is 23.0 Å². The van der Waals surface area contributed by atoms with E-state index in [1.807, 2.05) is 0 Å². The van der Waals surface area contributed by atoms with Gasteiger partial charge in [-0.1, -0.05) is 18.2 Å². The quantitative estimate of drug-likeness (QED) is 0.690. The van der Waals surface area contributed by atoms with Crippen LogP contribution in [0.25, 0.3) is 21.7 Å². The summed E-state index contributed by atoms with van der Waals surface area (Å²) in [4.78, 5) is 3.04. The predicted molar refractivity (Wildman–Crippen MR) is 62.5 cm³/mol. The van der Waals surface area contributed by atoms with E-state index in [4.69, 9.17) is 0 Å². The molecule has 2 aromatic heterocycles. The monoisotopic (exact) mass is 284 g/mol. The Kier molecular flexibility index (Phi) is 2.28. The zero-order valence-corrected chi connectivity index (χ0v) is 10.0. The van der Waals surface area contributed by atoms with Gasteiger partial charge in [0.1, 0.15) is 0 Å². The van der Waals surface area contributed by atoms with E-state index in [1.54, 1.807) is 6.07 Å². The third kappa shape index (κ3) is 1.58. The van der Waals surface area contributed by atoms with Crippen LogP contribution in [-0.4, -0.2) is 18.9 Å². The molecule has 0 spiro atoms. The molecule has 7 heteroatoms. The molecule has 1 radical (unpaired) electrons. The average molecular weight is 284 g/mol. The lowest BCUT2D eigenvalue weighted by Gasteiger charge is -2.12. The molecule has 0 fully saturated rings. The fourth-order valence-corrected chi connectivity index (χ4v) is 2.94.